The Kier molecular flexibility index (Phi) is 16.8. The monoisotopic (exact) mass is 752 g/mol. The van der Waals surface area contributed by atoms with Crippen molar-refractivity contribution >= 4 is 11.9 Å². The van der Waals surface area contributed by atoms with Crippen LogP contribution in [-0.4, -0.2) is 55.2 Å². The maximum absolute atomic E-state index is 12.1. The second-order valence-corrected chi connectivity index (χ2v) is 15.9. The van der Waals surface area contributed by atoms with Gasteiger partial charge in [-0.3, -0.25) is 0 Å². The molecule has 7 nitrogen and oxygen atoms in total. The van der Waals surface area contributed by atoms with Crippen LogP contribution in [0.15, 0.2) is 78.9 Å². The van der Waals surface area contributed by atoms with Crippen molar-refractivity contribution < 1.29 is 34.0 Å². The van der Waals surface area contributed by atoms with Crippen molar-refractivity contribution in [3.8, 4) is 28.0 Å². The van der Waals surface area contributed by atoms with E-state index >= 15 is 0 Å². The predicted octanol–water partition coefficient (Wildman–Crippen LogP) is 10.3. The Labute approximate surface area is 329 Å². The maximum Gasteiger partial charge on any atom is 0.333 e. The molecule has 0 aliphatic heterocycles. The summed E-state index contributed by atoms with van der Waals surface area (Å²) in [7, 11) is 0. The fourth-order valence-electron chi connectivity index (χ4n) is 7.67. The Bertz CT molecular complexity index is 1690. The summed E-state index contributed by atoms with van der Waals surface area (Å²) >= 11 is 0. The van der Waals surface area contributed by atoms with Gasteiger partial charge in [0, 0.05) is 16.6 Å². The smallest absolute Gasteiger partial charge is 0.333 e. The summed E-state index contributed by atoms with van der Waals surface area (Å²) in [5.41, 5.74) is 9.16. The van der Waals surface area contributed by atoms with Gasteiger partial charge in [-0.25, -0.2) is 9.59 Å². The van der Waals surface area contributed by atoms with Crippen LogP contribution in [0.25, 0.3) is 22.3 Å². The van der Waals surface area contributed by atoms with Crippen molar-refractivity contribution in [3.63, 3.8) is 0 Å². The summed E-state index contributed by atoms with van der Waals surface area (Å²) in [6, 6.07) is 20.1. The molecule has 3 aromatic rings. The van der Waals surface area contributed by atoms with Gasteiger partial charge in [0.05, 0.1) is 33.0 Å². The van der Waals surface area contributed by atoms with Gasteiger partial charge in [-0.2, -0.15) is 0 Å². The van der Waals surface area contributed by atoms with Crippen molar-refractivity contribution in [1.82, 2.24) is 0 Å². The molecule has 1 aliphatic rings. The number of aryl methyl sites for hydroxylation is 3. The third-order valence-corrected chi connectivity index (χ3v) is 11.2. The summed E-state index contributed by atoms with van der Waals surface area (Å²) in [4.78, 5) is 24.3. The van der Waals surface area contributed by atoms with Crippen LogP contribution in [0.2, 0.25) is 0 Å². The molecule has 0 bridgehead atoms. The van der Waals surface area contributed by atoms with Crippen molar-refractivity contribution in [2.75, 3.05) is 33.0 Å². The first-order chi connectivity index (χ1) is 26.4. The first kappa shape index (κ1) is 43.5. The van der Waals surface area contributed by atoms with Gasteiger partial charge in [0.25, 0.3) is 0 Å². The fourth-order valence-corrected chi connectivity index (χ4v) is 7.67. The molecule has 298 valence electrons. The van der Waals surface area contributed by atoms with Gasteiger partial charge in [-0.1, -0.05) is 88.7 Å². The lowest BCUT2D eigenvalue weighted by atomic mass is 9.79. The van der Waals surface area contributed by atoms with E-state index in [9.17, 15) is 19.8 Å². The number of esters is 2. The van der Waals surface area contributed by atoms with E-state index in [0.29, 0.717) is 62.2 Å². The molecule has 1 saturated carbocycles. The lowest BCUT2D eigenvalue weighted by Gasteiger charge is -2.30. The minimum Gasteiger partial charge on any atom is -0.493 e. The molecule has 0 unspecified atom stereocenters. The van der Waals surface area contributed by atoms with Crippen LogP contribution in [0.4, 0.5) is 0 Å². The molecular weight excluding hydrogens is 689 g/mol. The minimum absolute atomic E-state index is 0.124. The highest BCUT2D eigenvalue weighted by Crippen LogP contribution is 2.39. The summed E-state index contributed by atoms with van der Waals surface area (Å²) in [5.74, 6) is 1.41. The number of rotatable bonds is 21. The molecule has 0 atom stereocenters. The molecule has 55 heavy (non-hydrogen) atoms. The Hall–Kier alpha value is -4.20. The Balaban J connectivity index is 1.67. The van der Waals surface area contributed by atoms with Crippen molar-refractivity contribution in [2.24, 2.45) is 11.3 Å². The topological polar surface area (TPSA) is 102 Å². The Morgan fingerprint density at radius 3 is 1.78 bits per heavy atom. The molecule has 0 radical (unpaired) electrons. The van der Waals surface area contributed by atoms with Gasteiger partial charge < -0.3 is 24.4 Å². The predicted molar refractivity (Wildman–Crippen MR) is 222 cm³/mol. The first-order valence-electron chi connectivity index (χ1n) is 20.3. The number of hydrogen-bond acceptors (Lipinski definition) is 7. The van der Waals surface area contributed by atoms with Gasteiger partial charge in [0.1, 0.15) is 5.75 Å². The standard InChI is InChI=1S/C48H64O7/c1-8-23-48(31-49,32-50)24-27-53-45-41(11-9-25-54-46(51)33(2)3)29-43(30-42(45)12-10-26-55-47(52)34(4)5)44-22-21-40(28-36(44)7)39-19-17-38(18-20-39)37-15-13-35(6)14-16-37/h17-22,28-30,35,37,49-50H,2,4,8-16,23-27,31-32H2,1,3,5-7H3. The second-order valence-electron chi connectivity index (χ2n) is 15.9. The minimum atomic E-state index is -0.629. The third kappa shape index (κ3) is 12.4. The van der Waals surface area contributed by atoms with Gasteiger partial charge in [-0.05, 0) is 141 Å². The van der Waals surface area contributed by atoms with E-state index in [1.807, 2.05) is 6.92 Å². The Morgan fingerprint density at radius 2 is 1.29 bits per heavy atom. The summed E-state index contributed by atoms with van der Waals surface area (Å²) in [5, 5.41) is 20.4. The molecule has 0 heterocycles. The van der Waals surface area contributed by atoms with Crippen LogP contribution in [0.1, 0.15) is 114 Å². The van der Waals surface area contributed by atoms with E-state index in [0.717, 1.165) is 45.9 Å². The number of ether oxygens (including phenoxy) is 3. The molecule has 0 aromatic heterocycles. The van der Waals surface area contributed by atoms with Crippen molar-refractivity contribution in [2.45, 2.75) is 111 Å². The molecule has 1 aliphatic carbocycles. The number of aliphatic hydroxyl groups excluding tert-OH is 2. The van der Waals surface area contributed by atoms with Crippen LogP contribution < -0.4 is 4.74 Å². The largest absolute Gasteiger partial charge is 0.493 e. The van der Waals surface area contributed by atoms with Crippen LogP contribution in [0.3, 0.4) is 0 Å². The molecule has 3 aromatic carbocycles. The van der Waals surface area contributed by atoms with Gasteiger partial charge in [0.15, 0.2) is 0 Å². The van der Waals surface area contributed by atoms with Crippen LogP contribution in [0.5, 0.6) is 5.75 Å². The number of hydrogen-bond donors (Lipinski definition) is 2. The SMILES string of the molecule is C=C(C)C(=O)OCCCc1cc(-c2ccc(-c3ccc(C4CCC(C)CC4)cc3)cc2C)cc(CCCOC(=O)C(=C)C)c1OCCC(CO)(CO)CCC. The zero-order valence-electron chi connectivity index (χ0n) is 34.0. The molecule has 2 N–H and O–H groups in total. The molecular formula is C48H64O7. The van der Waals surface area contributed by atoms with Crippen LogP contribution >= 0.6 is 0 Å². The van der Waals surface area contributed by atoms with Crippen LogP contribution in [0, 0.1) is 18.3 Å². The average Bonchev–Trinajstić information content (AvgIpc) is 3.18. The summed E-state index contributed by atoms with van der Waals surface area (Å²) < 4.78 is 17.5. The van der Waals surface area contributed by atoms with Crippen LogP contribution in [-0.2, 0) is 31.9 Å². The highest BCUT2D eigenvalue weighted by molar-refractivity contribution is 5.87. The molecule has 4 rings (SSSR count). The van der Waals surface area contributed by atoms with E-state index in [4.69, 9.17) is 14.2 Å². The number of carbonyl (C=O) groups excluding carboxylic acids is 2. The maximum atomic E-state index is 12.1. The molecule has 0 saturated heterocycles. The Morgan fingerprint density at radius 1 is 0.745 bits per heavy atom. The van der Waals surface area contributed by atoms with Gasteiger partial charge in [0.2, 0.25) is 0 Å². The van der Waals surface area contributed by atoms with E-state index in [1.165, 1.54) is 42.4 Å². The van der Waals surface area contributed by atoms with E-state index in [1.54, 1.807) is 13.8 Å². The highest BCUT2D eigenvalue weighted by atomic mass is 16.5. The van der Waals surface area contributed by atoms with E-state index < -0.39 is 17.4 Å². The second kappa shape index (κ2) is 21.2. The number of carbonyl (C=O) groups is 2. The van der Waals surface area contributed by atoms with E-state index in [-0.39, 0.29) is 26.4 Å². The zero-order chi connectivity index (χ0) is 40.0. The normalized spacial score (nSPS) is 15.7. The molecule has 7 heteroatoms. The van der Waals surface area contributed by atoms with Gasteiger partial charge >= 0.3 is 11.9 Å². The summed E-state index contributed by atoms with van der Waals surface area (Å²) in [6.07, 6.45) is 9.50. The number of benzene rings is 3. The highest BCUT2D eigenvalue weighted by Gasteiger charge is 2.28. The quantitative estimate of drug-likeness (QED) is 0.0634. The molecule has 0 spiro atoms. The van der Waals surface area contributed by atoms with Crippen molar-refractivity contribution in [1.29, 1.82) is 0 Å². The first-order valence-corrected chi connectivity index (χ1v) is 20.3. The summed E-state index contributed by atoms with van der Waals surface area (Å²) in [6.45, 7) is 17.7. The van der Waals surface area contributed by atoms with E-state index in [2.05, 4.69) is 81.6 Å². The fraction of sp³-hybridized carbons (Fsp3) is 0.500. The zero-order valence-corrected chi connectivity index (χ0v) is 34.0. The third-order valence-electron chi connectivity index (χ3n) is 11.2. The van der Waals surface area contributed by atoms with Gasteiger partial charge in [-0.15, -0.1) is 0 Å². The average molecular weight is 753 g/mol. The lowest BCUT2D eigenvalue weighted by Crippen LogP contribution is -2.31. The molecule has 0 amide bonds. The molecule has 1 fully saturated rings. The lowest BCUT2D eigenvalue weighted by molar-refractivity contribution is -0.139. The van der Waals surface area contributed by atoms with Crippen molar-refractivity contribution in [3.05, 3.63) is 101 Å². The number of aliphatic hydroxyl groups is 2.